The fraction of sp³-hybridized carbons (Fsp3) is 0.125. The number of alkyl halides is 1. The fourth-order valence-electron chi connectivity index (χ4n) is 0.415. The van der Waals surface area contributed by atoms with Crippen LogP contribution in [0, 0.1) is 0 Å². The van der Waals surface area contributed by atoms with Crippen LogP contribution in [0.2, 0.25) is 5.02 Å². The zero-order chi connectivity index (χ0) is 9.40. The molecule has 0 saturated carbocycles. The van der Waals surface area contributed by atoms with Crippen molar-refractivity contribution in [1.29, 1.82) is 0 Å². The van der Waals surface area contributed by atoms with Crippen LogP contribution >= 0.6 is 11.6 Å². The zero-order valence-electron chi connectivity index (χ0n) is 6.21. The highest BCUT2D eigenvalue weighted by Crippen LogP contribution is 2.03. The van der Waals surface area contributed by atoms with Gasteiger partial charge in [0.25, 0.3) is 0 Å². The minimum atomic E-state index is -1.41. The van der Waals surface area contributed by atoms with Gasteiger partial charge in [0.05, 0.1) is 0 Å². The summed E-state index contributed by atoms with van der Waals surface area (Å²) in [6.45, 7) is -1.28. The summed E-state index contributed by atoms with van der Waals surface area (Å²) in [6.07, 6.45) is 0. The van der Waals surface area contributed by atoms with Gasteiger partial charge in [-0.25, -0.2) is 9.18 Å². The molecule has 2 nitrogen and oxygen atoms in total. The molecule has 0 saturated heterocycles. The molecule has 0 aromatic heterocycles. The number of halogens is 2. The molecule has 0 aliphatic rings. The molecule has 0 amide bonds. The second kappa shape index (κ2) is 6.61. The van der Waals surface area contributed by atoms with E-state index in [1.807, 2.05) is 30.3 Å². The summed E-state index contributed by atoms with van der Waals surface area (Å²) in [7, 11) is 0. The van der Waals surface area contributed by atoms with Gasteiger partial charge in [-0.3, -0.25) is 0 Å². The van der Waals surface area contributed by atoms with Crippen molar-refractivity contribution >= 4 is 17.6 Å². The van der Waals surface area contributed by atoms with Crippen LogP contribution < -0.4 is 0 Å². The molecule has 12 heavy (non-hydrogen) atoms. The molecule has 66 valence electrons. The molecule has 0 atom stereocenters. The smallest absolute Gasteiger partial charge is 0.335 e. The topological polar surface area (TPSA) is 37.3 Å². The van der Waals surface area contributed by atoms with E-state index in [2.05, 4.69) is 0 Å². The van der Waals surface area contributed by atoms with Crippen LogP contribution in [-0.4, -0.2) is 17.8 Å². The van der Waals surface area contributed by atoms with E-state index in [0.717, 1.165) is 5.02 Å². The molecular weight excluding hydrogens is 183 g/mol. The Hall–Kier alpha value is -1.09. The van der Waals surface area contributed by atoms with E-state index in [0.29, 0.717) is 0 Å². The first-order valence-electron chi connectivity index (χ1n) is 3.15. The van der Waals surface area contributed by atoms with Crippen molar-refractivity contribution < 1.29 is 14.3 Å². The summed E-state index contributed by atoms with van der Waals surface area (Å²) in [5, 5.41) is 8.14. The first-order valence-corrected chi connectivity index (χ1v) is 3.53. The monoisotopic (exact) mass is 190 g/mol. The third kappa shape index (κ3) is 7.02. The highest BCUT2D eigenvalue weighted by Gasteiger charge is 1.85. The normalized spacial score (nSPS) is 8.17. The Balaban J connectivity index is 0.000000217. The molecule has 0 fully saturated rings. The number of rotatable bonds is 1. The Labute approximate surface area is 74.6 Å². The first kappa shape index (κ1) is 10.9. The Bertz CT molecular complexity index is 226. The van der Waals surface area contributed by atoms with Crippen molar-refractivity contribution in [3.8, 4) is 0 Å². The van der Waals surface area contributed by atoms with E-state index in [-0.39, 0.29) is 0 Å². The van der Waals surface area contributed by atoms with Gasteiger partial charge < -0.3 is 5.11 Å². The molecule has 0 aliphatic carbocycles. The minimum absolute atomic E-state index is 0.794. The van der Waals surface area contributed by atoms with Gasteiger partial charge in [0.2, 0.25) is 0 Å². The quantitative estimate of drug-likeness (QED) is 0.738. The van der Waals surface area contributed by atoms with E-state index < -0.39 is 12.6 Å². The summed E-state index contributed by atoms with van der Waals surface area (Å²) >= 11 is 5.54. The third-order valence-corrected chi connectivity index (χ3v) is 1.10. The molecule has 4 heteroatoms. The van der Waals surface area contributed by atoms with Crippen molar-refractivity contribution in [2.75, 3.05) is 6.67 Å². The summed E-state index contributed by atoms with van der Waals surface area (Å²) in [5.74, 6) is -1.41. The second-order valence-corrected chi connectivity index (χ2v) is 2.26. The molecule has 0 unspecified atom stereocenters. The predicted molar refractivity (Wildman–Crippen MR) is 45.1 cm³/mol. The molecule has 1 aromatic carbocycles. The Kier molecular flexibility index (Phi) is 6.01. The lowest BCUT2D eigenvalue weighted by molar-refractivity contribution is -0.137. The SMILES string of the molecule is Clc1ccccc1.O=C(O)CF. The minimum Gasteiger partial charge on any atom is -0.479 e. The molecule has 0 aliphatic heterocycles. The molecule has 0 bridgehead atoms. The van der Waals surface area contributed by atoms with Gasteiger partial charge in [-0.1, -0.05) is 29.8 Å². The van der Waals surface area contributed by atoms with Gasteiger partial charge in [-0.2, -0.15) is 0 Å². The largest absolute Gasteiger partial charge is 0.479 e. The predicted octanol–water partition coefficient (Wildman–Crippen LogP) is 2.38. The van der Waals surface area contributed by atoms with Crippen LogP contribution in [0.5, 0.6) is 0 Å². The summed E-state index contributed by atoms with van der Waals surface area (Å²) in [6, 6.07) is 9.44. The number of carboxylic acids is 1. The Morgan fingerprint density at radius 3 is 2.00 bits per heavy atom. The van der Waals surface area contributed by atoms with E-state index >= 15 is 0 Å². The maximum Gasteiger partial charge on any atom is 0.335 e. The van der Waals surface area contributed by atoms with Crippen LogP contribution in [0.25, 0.3) is 0 Å². The second-order valence-electron chi connectivity index (χ2n) is 1.82. The van der Waals surface area contributed by atoms with E-state index in [1.165, 1.54) is 0 Å². The number of benzene rings is 1. The van der Waals surface area contributed by atoms with E-state index in [4.69, 9.17) is 21.5 Å². The van der Waals surface area contributed by atoms with Crippen molar-refractivity contribution in [1.82, 2.24) is 0 Å². The summed E-state index contributed by atoms with van der Waals surface area (Å²) in [5.41, 5.74) is 0. The first-order chi connectivity index (χ1) is 5.66. The van der Waals surface area contributed by atoms with Gasteiger partial charge >= 0.3 is 5.97 Å². The van der Waals surface area contributed by atoms with Crippen molar-refractivity contribution in [3.05, 3.63) is 35.4 Å². The lowest BCUT2D eigenvalue weighted by Gasteiger charge is -1.80. The van der Waals surface area contributed by atoms with Gasteiger partial charge in [0.1, 0.15) is 0 Å². The molecule has 1 N–H and O–H groups in total. The molecule has 1 aromatic rings. The van der Waals surface area contributed by atoms with Crippen molar-refractivity contribution in [3.63, 3.8) is 0 Å². The van der Waals surface area contributed by atoms with E-state index in [9.17, 15) is 4.39 Å². The van der Waals surface area contributed by atoms with Gasteiger partial charge in [0, 0.05) is 5.02 Å². The summed E-state index contributed by atoms with van der Waals surface area (Å²) in [4.78, 5) is 8.99. The highest BCUT2D eigenvalue weighted by atomic mass is 35.5. The van der Waals surface area contributed by atoms with Crippen LogP contribution in [-0.2, 0) is 4.79 Å². The molecule has 1 rings (SSSR count). The van der Waals surface area contributed by atoms with Crippen LogP contribution in [0.4, 0.5) is 4.39 Å². The van der Waals surface area contributed by atoms with Crippen LogP contribution in [0.15, 0.2) is 30.3 Å². The maximum atomic E-state index is 10.5. The number of carboxylic acid groups (broad SMARTS) is 1. The average Bonchev–Trinajstić information content (AvgIpc) is 2.07. The molecular formula is C8H8ClFO2. The van der Waals surface area contributed by atoms with Gasteiger partial charge in [0.15, 0.2) is 6.67 Å². The van der Waals surface area contributed by atoms with Crippen molar-refractivity contribution in [2.45, 2.75) is 0 Å². The number of aliphatic carboxylic acids is 1. The zero-order valence-corrected chi connectivity index (χ0v) is 6.96. The highest BCUT2D eigenvalue weighted by molar-refractivity contribution is 6.30. The number of hydrogen-bond donors (Lipinski definition) is 1. The Morgan fingerprint density at radius 1 is 1.42 bits per heavy atom. The molecule has 0 spiro atoms. The third-order valence-electron chi connectivity index (χ3n) is 0.847. The lowest BCUT2D eigenvalue weighted by atomic mass is 10.4. The Morgan fingerprint density at radius 2 is 1.83 bits per heavy atom. The molecule has 0 radical (unpaired) electrons. The average molecular weight is 191 g/mol. The maximum absolute atomic E-state index is 10.5. The van der Waals surface area contributed by atoms with Crippen molar-refractivity contribution in [2.24, 2.45) is 0 Å². The standard InChI is InChI=1S/C6H5Cl.C2H3FO2/c7-6-4-2-1-3-5-6;3-1-2(4)5/h1-5H;1H2,(H,4,5). The van der Waals surface area contributed by atoms with Crippen LogP contribution in [0.3, 0.4) is 0 Å². The van der Waals surface area contributed by atoms with Gasteiger partial charge in [-0.15, -0.1) is 0 Å². The lowest BCUT2D eigenvalue weighted by Crippen LogP contribution is -1.93. The summed E-state index contributed by atoms with van der Waals surface area (Å²) < 4.78 is 10.5. The number of hydrogen-bond acceptors (Lipinski definition) is 1. The van der Waals surface area contributed by atoms with Crippen LogP contribution in [0.1, 0.15) is 0 Å². The number of carbonyl (C=O) groups is 1. The fourth-order valence-corrected chi connectivity index (χ4v) is 0.560. The van der Waals surface area contributed by atoms with Gasteiger partial charge in [-0.05, 0) is 12.1 Å². The van der Waals surface area contributed by atoms with E-state index in [1.54, 1.807) is 0 Å². The molecule has 0 heterocycles.